The van der Waals surface area contributed by atoms with E-state index in [4.69, 9.17) is 10.3 Å². The summed E-state index contributed by atoms with van der Waals surface area (Å²) >= 11 is 1.44. The summed E-state index contributed by atoms with van der Waals surface area (Å²) in [5.74, 6) is 1.17. The van der Waals surface area contributed by atoms with Crippen LogP contribution < -0.4 is 11.1 Å². The van der Waals surface area contributed by atoms with Gasteiger partial charge in [-0.05, 0) is 18.8 Å². The van der Waals surface area contributed by atoms with Crippen LogP contribution in [0.5, 0.6) is 0 Å². The monoisotopic (exact) mass is 292 g/mol. The molecule has 1 fully saturated rings. The summed E-state index contributed by atoms with van der Waals surface area (Å²) in [5.41, 5.74) is 7.92. The molecule has 0 radical (unpaired) electrons. The molecule has 7 heteroatoms. The number of hydrogen-bond donors (Lipinski definition) is 2. The van der Waals surface area contributed by atoms with E-state index < -0.39 is 0 Å². The van der Waals surface area contributed by atoms with E-state index in [9.17, 15) is 4.79 Å². The number of aromatic nitrogens is 2. The average molecular weight is 292 g/mol. The van der Waals surface area contributed by atoms with Gasteiger partial charge in [0.25, 0.3) is 0 Å². The Morgan fingerprint density at radius 3 is 3.00 bits per heavy atom. The quantitative estimate of drug-likeness (QED) is 0.795. The first kappa shape index (κ1) is 13.1. The molecular formula is C13H16N4O2S. The van der Waals surface area contributed by atoms with Gasteiger partial charge >= 0.3 is 0 Å². The minimum atomic E-state index is 0.0991. The van der Waals surface area contributed by atoms with Crippen LogP contribution in [0.15, 0.2) is 10.9 Å². The third-order valence-electron chi connectivity index (χ3n) is 3.36. The van der Waals surface area contributed by atoms with Gasteiger partial charge in [0.05, 0.1) is 22.1 Å². The number of hydrogen-bond acceptors (Lipinski definition) is 7. The normalized spacial score (nSPS) is 14.4. The highest BCUT2D eigenvalue weighted by atomic mass is 32.1. The Hall–Kier alpha value is -1.89. The zero-order chi connectivity index (χ0) is 14.1. The molecule has 2 aromatic rings. The number of nitrogen functional groups attached to an aromatic ring is 1. The van der Waals surface area contributed by atoms with Crippen LogP contribution in [0.25, 0.3) is 0 Å². The van der Waals surface area contributed by atoms with Crippen molar-refractivity contribution < 1.29 is 9.32 Å². The Morgan fingerprint density at radius 2 is 2.40 bits per heavy atom. The molecule has 0 atom stereocenters. The molecule has 1 saturated carbocycles. The first-order chi connectivity index (χ1) is 9.70. The Bertz CT molecular complexity index is 617. The molecule has 0 unspecified atom stereocenters. The van der Waals surface area contributed by atoms with Crippen LogP contribution in [-0.2, 0) is 6.54 Å². The van der Waals surface area contributed by atoms with Crippen molar-refractivity contribution in [3.8, 4) is 0 Å². The summed E-state index contributed by atoms with van der Waals surface area (Å²) in [7, 11) is 0. The molecule has 0 spiro atoms. The lowest BCUT2D eigenvalue weighted by molar-refractivity contribution is 0.0993. The van der Waals surface area contributed by atoms with E-state index in [0.29, 0.717) is 35.3 Å². The van der Waals surface area contributed by atoms with E-state index in [0.717, 1.165) is 23.4 Å². The van der Waals surface area contributed by atoms with Crippen molar-refractivity contribution in [2.24, 2.45) is 0 Å². The van der Waals surface area contributed by atoms with E-state index >= 15 is 0 Å². The fourth-order valence-corrected chi connectivity index (χ4v) is 3.38. The van der Waals surface area contributed by atoms with E-state index in [2.05, 4.69) is 15.5 Å². The number of rotatable bonds is 6. The maximum absolute atomic E-state index is 11.9. The van der Waals surface area contributed by atoms with Gasteiger partial charge < -0.3 is 15.6 Å². The Labute approximate surface area is 120 Å². The number of carbonyl (C=O) groups excluding carboxylic acids is 1. The molecule has 0 aromatic carbocycles. The standard InChI is InChI=1S/C13H16N4O2S/c1-2-8(18)12-11(14)10(7-3-4-7)13(20-12)15-5-9-16-6-19-17-9/h6-7,15H,2-5,14H2,1H3. The number of thiophene rings is 1. The molecule has 6 nitrogen and oxygen atoms in total. The Morgan fingerprint density at radius 1 is 1.60 bits per heavy atom. The molecule has 0 bridgehead atoms. The molecule has 20 heavy (non-hydrogen) atoms. The SMILES string of the molecule is CCC(=O)c1sc(NCc2ncon2)c(C2CC2)c1N. The molecule has 2 heterocycles. The lowest BCUT2D eigenvalue weighted by atomic mass is 10.1. The van der Waals surface area contributed by atoms with Crippen molar-refractivity contribution in [2.75, 3.05) is 11.1 Å². The number of ketones is 1. The molecular weight excluding hydrogens is 276 g/mol. The van der Waals surface area contributed by atoms with Gasteiger partial charge in [-0.3, -0.25) is 4.79 Å². The molecule has 0 saturated heterocycles. The Balaban J connectivity index is 1.86. The van der Waals surface area contributed by atoms with Crippen molar-refractivity contribution in [3.63, 3.8) is 0 Å². The maximum Gasteiger partial charge on any atom is 0.213 e. The first-order valence-corrected chi connectivity index (χ1v) is 7.46. The second-order valence-corrected chi connectivity index (χ2v) is 5.86. The van der Waals surface area contributed by atoms with E-state index in [1.165, 1.54) is 17.7 Å². The van der Waals surface area contributed by atoms with Crippen LogP contribution >= 0.6 is 11.3 Å². The third kappa shape index (κ3) is 2.40. The summed E-state index contributed by atoms with van der Waals surface area (Å²) in [5, 5.41) is 8.00. The number of anilines is 2. The van der Waals surface area contributed by atoms with Gasteiger partial charge in [-0.15, -0.1) is 11.3 Å². The van der Waals surface area contributed by atoms with Gasteiger partial charge in [-0.1, -0.05) is 12.1 Å². The van der Waals surface area contributed by atoms with Crippen LogP contribution in [0.1, 0.15) is 53.2 Å². The Kier molecular flexibility index (Phi) is 3.43. The van der Waals surface area contributed by atoms with Crippen LogP contribution in [0.3, 0.4) is 0 Å². The predicted octanol–water partition coefficient (Wildman–Crippen LogP) is 2.80. The number of Topliss-reactive ketones (excluding diaryl/α,β-unsaturated/α-hetero) is 1. The molecule has 3 rings (SSSR count). The predicted molar refractivity (Wildman–Crippen MR) is 77.0 cm³/mol. The smallest absolute Gasteiger partial charge is 0.213 e. The van der Waals surface area contributed by atoms with Crippen LogP contribution in [-0.4, -0.2) is 15.9 Å². The fourth-order valence-electron chi connectivity index (χ4n) is 2.16. The van der Waals surface area contributed by atoms with E-state index in [1.807, 2.05) is 6.92 Å². The summed E-state index contributed by atoms with van der Waals surface area (Å²) in [6, 6.07) is 0. The van der Waals surface area contributed by atoms with Gasteiger partial charge in [-0.25, -0.2) is 0 Å². The summed E-state index contributed by atoms with van der Waals surface area (Å²) < 4.78 is 4.70. The summed E-state index contributed by atoms with van der Waals surface area (Å²) in [6.45, 7) is 2.32. The van der Waals surface area contributed by atoms with E-state index in [-0.39, 0.29) is 5.78 Å². The fraction of sp³-hybridized carbons (Fsp3) is 0.462. The molecule has 0 amide bonds. The molecule has 3 N–H and O–H groups in total. The van der Waals surface area contributed by atoms with Crippen LogP contribution in [0.2, 0.25) is 0 Å². The minimum Gasteiger partial charge on any atom is -0.397 e. The van der Waals surface area contributed by atoms with Crippen LogP contribution in [0.4, 0.5) is 10.7 Å². The summed E-state index contributed by atoms with van der Waals surface area (Å²) in [4.78, 5) is 16.6. The lowest BCUT2D eigenvalue weighted by Gasteiger charge is -2.04. The first-order valence-electron chi connectivity index (χ1n) is 6.65. The summed E-state index contributed by atoms with van der Waals surface area (Å²) in [6.07, 6.45) is 4.04. The van der Waals surface area contributed by atoms with Crippen molar-refractivity contribution in [1.82, 2.24) is 10.1 Å². The molecule has 1 aliphatic rings. The number of nitrogens with zero attached hydrogens (tertiary/aromatic N) is 2. The third-order valence-corrected chi connectivity index (χ3v) is 4.58. The topological polar surface area (TPSA) is 94.0 Å². The molecule has 0 aliphatic heterocycles. The van der Waals surface area contributed by atoms with Gasteiger partial charge in [0.1, 0.15) is 0 Å². The van der Waals surface area contributed by atoms with Crippen molar-refractivity contribution in [3.05, 3.63) is 22.7 Å². The lowest BCUT2D eigenvalue weighted by Crippen LogP contribution is -2.02. The molecule has 106 valence electrons. The maximum atomic E-state index is 11.9. The van der Waals surface area contributed by atoms with E-state index in [1.54, 1.807) is 0 Å². The molecule has 2 aromatic heterocycles. The largest absolute Gasteiger partial charge is 0.397 e. The van der Waals surface area contributed by atoms with Crippen molar-refractivity contribution in [1.29, 1.82) is 0 Å². The highest BCUT2D eigenvalue weighted by Gasteiger charge is 2.32. The van der Waals surface area contributed by atoms with Gasteiger partial charge in [0, 0.05) is 12.0 Å². The number of nitrogens with two attached hydrogens (primary N) is 1. The zero-order valence-electron chi connectivity index (χ0n) is 11.2. The average Bonchev–Trinajstić information content (AvgIpc) is 3.03. The molecule has 1 aliphatic carbocycles. The van der Waals surface area contributed by atoms with Crippen LogP contribution in [0, 0.1) is 0 Å². The minimum absolute atomic E-state index is 0.0991. The van der Waals surface area contributed by atoms with Gasteiger partial charge in [0.2, 0.25) is 6.39 Å². The van der Waals surface area contributed by atoms with Gasteiger partial charge in [0.15, 0.2) is 11.6 Å². The number of nitrogens with one attached hydrogen (secondary N) is 1. The highest BCUT2D eigenvalue weighted by Crippen LogP contribution is 2.51. The number of carbonyl (C=O) groups is 1. The van der Waals surface area contributed by atoms with Crippen molar-refractivity contribution in [2.45, 2.75) is 38.6 Å². The highest BCUT2D eigenvalue weighted by molar-refractivity contribution is 7.18. The second-order valence-electron chi connectivity index (χ2n) is 4.84. The van der Waals surface area contributed by atoms with Crippen molar-refractivity contribution >= 4 is 27.8 Å². The second kappa shape index (κ2) is 5.24. The zero-order valence-corrected chi connectivity index (χ0v) is 12.0. The van der Waals surface area contributed by atoms with Gasteiger partial charge in [-0.2, -0.15) is 4.98 Å².